The molecule has 6 heteroatoms. The van der Waals surface area contributed by atoms with Crippen LogP contribution in [-0.2, 0) is 23.9 Å². The Morgan fingerprint density at radius 1 is 1.12 bits per heavy atom. The second-order valence-corrected chi connectivity index (χ2v) is 4.63. The third kappa shape index (κ3) is 27.9. The van der Waals surface area contributed by atoms with Crippen LogP contribution in [0.3, 0.4) is 0 Å². The highest BCUT2D eigenvalue weighted by molar-refractivity contribution is 5.85. The average molecular weight is 341 g/mol. The number of unbranched alkanes of at least 4 members (excludes halogenated alkanes) is 1. The van der Waals surface area contributed by atoms with Gasteiger partial charge in [0.25, 0.3) is 0 Å². The van der Waals surface area contributed by atoms with Crippen LogP contribution in [0.25, 0.3) is 0 Å². The van der Waals surface area contributed by atoms with Crippen molar-refractivity contribution in [3.05, 3.63) is 38.2 Å². The first kappa shape index (κ1) is 26.5. The van der Waals surface area contributed by atoms with E-state index in [1.54, 1.807) is 0 Å². The average Bonchev–Trinajstić information content (AvgIpc) is 2.55. The maximum absolute atomic E-state index is 10.8. The lowest BCUT2D eigenvalue weighted by molar-refractivity contribution is -0.139. The topological polar surface area (TPSA) is 95.7 Å². The van der Waals surface area contributed by atoms with E-state index in [9.17, 15) is 14.4 Å². The number of primary amides is 1. The van der Waals surface area contributed by atoms with Crippen molar-refractivity contribution >= 4 is 17.8 Å². The molecule has 0 saturated carbocycles. The summed E-state index contributed by atoms with van der Waals surface area (Å²) in [6.45, 7) is 15.8. The van der Waals surface area contributed by atoms with E-state index in [4.69, 9.17) is 4.74 Å². The van der Waals surface area contributed by atoms with E-state index in [0.29, 0.717) is 12.5 Å². The maximum Gasteiger partial charge on any atom is 0.330 e. The molecular formula is C18H31NO5. The van der Waals surface area contributed by atoms with Gasteiger partial charge in [-0.25, -0.2) is 4.79 Å². The normalized spacial score (nSPS) is 9.62. The highest BCUT2D eigenvalue weighted by Crippen LogP contribution is 2.12. The maximum atomic E-state index is 10.8. The summed E-state index contributed by atoms with van der Waals surface area (Å²) in [5.41, 5.74) is 4.53. The van der Waals surface area contributed by atoms with Gasteiger partial charge in [0, 0.05) is 13.0 Å². The molecule has 0 heterocycles. The zero-order valence-corrected chi connectivity index (χ0v) is 15.1. The fourth-order valence-corrected chi connectivity index (χ4v) is 1.27. The Hall–Kier alpha value is -2.37. The van der Waals surface area contributed by atoms with E-state index in [0.717, 1.165) is 25.2 Å². The predicted octanol–water partition coefficient (Wildman–Crippen LogP) is 3.28. The van der Waals surface area contributed by atoms with E-state index >= 15 is 0 Å². The molecule has 0 bridgehead atoms. The van der Waals surface area contributed by atoms with Crippen molar-refractivity contribution in [3.63, 3.8) is 0 Å². The molecule has 138 valence electrons. The molecule has 2 N–H and O–H groups in total. The van der Waals surface area contributed by atoms with Crippen molar-refractivity contribution in [1.29, 1.82) is 0 Å². The molecule has 24 heavy (non-hydrogen) atoms. The molecule has 0 rings (SSSR count). The van der Waals surface area contributed by atoms with Gasteiger partial charge in [-0.15, -0.1) is 0 Å². The Kier molecular flexibility index (Phi) is 22.8. The number of esters is 2. The van der Waals surface area contributed by atoms with Crippen LogP contribution in [0.4, 0.5) is 0 Å². The van der Waals surface area contributed by atoms with Crippen LogP contribution in [0.2, 0.25) is 0 Å². The van der Waals surface area contributed by atoms with E-state index in [2.05, 4.69) is 44.1 Å². The van der Waals surface area contributed by atoms with Crippen LogP contribution in [0.15, 0.2) is 38.2 Å². The van der Waals surface area contributed by atoms with Crippen molar-refractivity contribution in [3.8, 4) is 0 Å². The lowest BCUT2D eigenvalue weighted by Crippen LogP contribution is -2.12. The lowest BCUT2D eigenvalue weighted by atomic mass is 10.0. The van der Waals surface area contributed by atoms with Gasteiger partial charge in [-0.2, -0.15) is 0 Å². The Morgan fingerprint density at radius 3 is 1.92 bits per heavy atom. The van der Waals surface area contributed by atoms with Crippen LogP contribution in [0.1, 0.15) is 46.5 Å². The fourth-order valence-electron chi connectivity index (χ4n) is 1.27. The fraction of sp³-hybridized carbons (Fsp3) is 0.500. The third-order valence-electron chi connectivity index (χ3n) is 2.62. The molecule has 0 aromatic rings. The van der Waals surface area contributed by atoms with Crippen LogP contribution < -0.4 is 5.73 Å². The van der Waals surface area contributed by atoms with Gasteiger partial charge >= 0.3 is 11.9 Å². The Morgan fingerprint density at radius 2 is 1.67 bits per heavy atom. The van der Waals surface area contributed by atoms with Gasteiger partial charge in [-0.3, -0.25) is 9.59 Å². The smallest absolute Gasteiger partial charge is 0.330 e. The molecule has 0 fully saturated rings. The Bertz CT molecular complexity index is 391. The number of amides is 1. The van der Waals surface area contributed by atoms with Gasteiger partial charge in [0.2, 0.25) is 5.91 Å². The molecule has 0 aliphatic carbocycles. The molecule has 1 unspecified atom stereocenters. The molecule has 0 saturated heterocycles. The van der Waals surface area contributed by atoms with E-state index in [1.165, 1.54) is 25.8 Å². The van der Waals surface area contributed by atoms with Gasteiger partial charge in [0.15, 0.2) is 0 Å². The van der Waals surface area contributed by atoms with E-state index in [1.807, 2.05) is 0 Å². The first-order valence-electron chi connectivity index (χ1n) is 7.77. The monoisotopic (exact) mass is 341 g/mol. The van der Waals surface area contributed by atoms with Crippen molar-refractivity contribution in [2.45, 2.75) is 46.5 Å². The molecule has 0 spiro atoms. The number of ether oxygens (including phenoxy) is 2. The molecule has 0 radical (unpaired) electrons. The number of carbonyl (C=O) groups is 3. The number of hydrogen-bond donors (Lipinski definition) is 1. The zero-order chi connectivity index (χ0) is 19.4. The van der Waals surface area contributed by atoms with Gasteiger partial charge in [-0.1, -0.05) is 52.8 Å². The minimum atomic E-state index is -0.481. The van der Waals surface area contributed by atoms with Crippen LogP contribution in [0.5, 0.6) is 0 Å². The van der Waals surface area contributed by atoms with Gasteiger partial charge in [-0.05, 0) is 18.4 Å². The van der Waals surface area contributed by atoms with Gasteiger partial charge < -0.3 is 15.2 Å². The minimum absolute atomic E-state index is 0.310. The standard InChI is InChI=1S/C11H20O2.C4H6O2.C3H5NO/c1-4-7-8-10(5-2)9-13-11(12)6-3;1-3-6-4(2)5;1-2-3(4)5/h6,10H,3-5,7-9H2,1-2H3;3H,1H2,2H3;2H,1H2,(H2,4,5). The summed E-state index contributed by atoms with van der Waals surface area (Å²) in [4.78, 5) is 30.0. The third-order valence-corrected chi connectivity index (χ3v) is 2.62. The second kappa shape index (κ2) is 20.6. The number of nitrogens with two attached hydrogens (primary N) is 1. The number of rotatable bonds is 9. The molecule has 1 amide bonds. The summed E-state index contributed by atoms with van der Waals surface area (Å²) < 4.78 is 9.15. The summed E-state index contributed by atoms with van der Waals surface area (Å²) in [5.74, 6) is -0.603. The SMILES string of the molecule is C=CC(=O)OCC(CC)CCCC.C=CC(N)=O.C=COC(C)=O. The first-order valence-corrected chi connectivity index (χ1v) is 7.77. The van der Waals surface area contributed by atoms with Crippen molar-refractivity contribution in [2.24, 2.45) is 11.7 Å². The molecular weight excluding hydrogens is 310 g/mol. The zero-order valence-electron chi connectivity index (χ0n) is 15.1. The molecule has 0 aromatic heterocycles. The molecule has 0 aromatic carbocycles. The van der Waals surface area contributed by atoms with Crippen molar-refractivity contribution in [2.75, 3.05) is 6.61 Å². The summed E-state index contributed by atoms with van der Waals surface area (Å²) in [6.07, 6.45) is 8.01. The summed E-state index contributed by atoms with van der Waals surface area (Å²) in [6, 6.07) is 0. The largest absolute Gasteiger partial charge is 0.462 e. The first-order chi connectivity index (χ1) is 11.3. The Labute approximate surface area is 145 Å². The van der Waals surface area contributed by atoms with Crippen LogP contribution in [-0.4, -0.2) is 24.5 Å². The van der Waals surface area contributed by atoms with Crippen LogP contribution >= 0.6 is 0 Å². The molecule has 6 nitrogen and oxygen atoms in total. The molecule has 1 atom stereocenters. The lowest BCUT2D eigenvalue weighted by Gasteiger charge is -2.13. The summed E-state index contributed by atoms with van der Waals surface area (Å²) in [7, 11) is 0. The number of carbonyl (C=O) groups excluding carboxylic acids is 3. The minimum Gasteiger partial charge on any atom is -0.462 e. The van der Waals surface area contributed by atoms with Gasteiger partial charge in [0.05, 0.1) is 12.9 Å². The molecule has 0 aliphatic rings. The number of hydrogen-bond acceptors (Lipinski definition) is 5. The Balaban J connectivity index is -0.000000332. The summed E-state index contributed by atoms with van der Waals surface area (Å²) in [5, 5.41) is 0. The highest BCUT2D eigenvalue weighted by Gasteiger charge is 2.07. The van der Waals surface area contributed by atoms with Crippen molar-refractivity contribution in [1.82, 2.24) is 0 Å². The summed E-state index contributed by atoms with van der Waals surface area (Å²) >= 11 is 0. The van der Waals surface area contributed by atoms with Gasteiger partial charge in [0.1, 0.15) is 0 Å². The van der Waals surface area contributed by atoms with E-state index in [-0.39, 0.29) is 11.9 Å². The molecule has 0 aliphatic heterocycles. The van der Waals surface area contributed by atoms with E-state index < -0.39 is 5.91 Å². The van der Waals surface area contributed by atoms with Crippen LogP contribution in [0, 0.1) is 5.92 Å². The highest BCUT2D eigenvalue weighted by atomic mass is 16.5. The quantitative estimate of drug-likeness (QED) is 0.394. The second-order valence-electron chi connectivity index (χ2n) is 4.63. The predicted molar refractivity (Wildman–Crippen MR) is 95.8 cm³/mol. The van der Waals surface area contributed by atoms with Crippen molar-refractivity contribution < 1.29 is 23.9 Å².